The third-order valence-electron chi connectivity index (χ3n) is 4.74. The maximum atomic E-state index is 12.4. The molecule has 0 spiro atoms. The van der Waals surface area contributed by atoms with E-state index in [9.17, 15) is 4.79 Å². The first-order chi connectivity index (χ1) is 13.6. The van der Waals surface area contributed by atoms with E-state index in [4.69, 9.17) is 4.74 Å². The highest BCUT2D eigenvalue weighted by Gasteiger charge is 2.30. The number of hydrogen-bond donors (Lipinski definition) is 1. The first kappa shape index (κ1) is 18.9. The Morgan fingerprint density at radius 2 is 2.32 bits per heavy atom. The number of ether oxygens (including phenoxy) is 1. The second-order valence-corrected chi connectivity index (χ2v) is 8.34. The number of nitrogens with one attached hydrogen (secondary N) is 1. The van der Waals surface area contributed by atoms with Gasteiger partial charge in [-0.1, -0.05) is 6.07 Å². The molecule has 6 nitrogen and oxygen atoms in total. The molecule has 4 heterocycles. The predicted octanol–water partition coefficient (Wildman–Crippen LogP) is 3.13. The van der Waals surface area contributed by atoms with Gasteiger partial charge in [-0.2, -0.15) is 0 Å². The van der Waals surface area contributed by atoms with Gasteiger partial charge in [-0.15, -0.1) is 11.3 Å². The molecular weight excluding hydrogens is 372 g/mol. The number of likely N-dealkylation sites (tertiary alicyclic amines) is 1. The summed E-state index contributed by atoms with van der Waals surface area (Å²) in [5.41, 5.74) is 2.99. The second-order valence-electron chi connectivity index (χ2n) is 7.31. The summed E-state index contributed by atoms with van der Waals surface area (Å²) in [4.78, 5) is 25.1. The van der Waals surface area contributed by atoms with Gasteiger partial charge in [0.25, 0.3) is 0 Å². The van der Waals surface area contributed by atoms with E-state index >= 15 is 0 Å². The number of hydrogen-bond acceptors (Lipinski definition) is 5. The van der Waals surface area contributed by atoms with Gasteiger partial charge in [-0.25, -0.2) is 4.98 Å². The summed E-state index contributed by atoms with van der Waals surface area (Å²) in [6.45, 7) is 2.76. The quantitative estimate of drug-likeness (QED) is 0.624. The number of aromatic nitrogens is 2. The van der Waals surface area contributed by atoms with Crippen molar-refractivity contribution in [3.8, 4) is 0 Å². The van der Waals surface area contributed by atoms with Crippen molar-refractivity contribution in [3.63, 3.8) is 0 Å². The minimum atomic E-state index is 0.0126. The van der Waals surface area contributed by atoms with Crippen LogP contribution < -0.4 is 0 Å². The number of fused-ring (bicyclic) bond motifs is 1. The van der Waals surface area contributed by atoms with Gasteiger partial charge in [0.15, 0.2) is 0 Å². The molecule has 0 atom stereocenters. The number of carbonyl (C=O) groups excluding carboxylic acids is 1. The summed E-state index contributed by atoms with van der Waals surface area (Å²) in [6, 6.07) is 6.16. The first-order valence-electron chi connectivity index (χ1n) is 9.30. The van der Waals surface area contributed by atoms with Crippen molar-refractivity contribution in [1.82, 2.24) is 19.8 Å². The summed E-state index contributed by atoms with van der Waals surface area (Å²) >= 11 is 1.69. The van der Waals surface area contributed by atoms with Crippen LogP contribution in [-0.2, 0) is 22.7 Å². The zero-order valence-electron chi connectivity index (χ0n) is 16.1. The molecule has 146 valence electrons. The Balaban J connectivity index is 1.32. The SMILES string of the molecule is CN(C)Cc1c[nH]c2ncc(/C=C/C(=O)N3CC(OCc4cccs4)C3)cc12. The molecule has 1 saturated heterocycles. The highest BCUT2D eigenvalue weighted by Crippen LogP contribution is 2.20. The molecule has 3 aromatic heterocycles. The van der Waals surface area contributed by atoms with Crippen LogP contribution in [-0.4, -0.2) is 59.0 Å². The fraction of sp³-hybridized carbons (Fsp3) is 0.333. The monoisotopic (exact) mass is 396 g/mol. The molecule has 0 unspecified atom stereocenters. The van der Waals surface area contributed by atoms with Crippen molar-refractivity contribution in [2.75, 3.05) is 27.2 Å². The van der Waals surface area contributed by atoms with E-state index < -0.39 is 0 Å². The first-order valence-corrected chi connectivity index (χ1v) is 10.2. The Labute approximate surface area is 168 Å². The zero-order chi connectivity index (χ0) is 19.5. The van der Waals surface area contributed by atoms with Gasteiger partial charge in [-0.3, -0.25) is 4.79 Å². The number of nitrogens with zero attached hydrogens (tertiary/aromatic N) is 3. The Kier molecular flexibility index (Phi) is 5.57. The lowest BCUT2D eigenvalue weighted by Gasteiger charge is -2.38. The molecule has 1 N–H and O–H groups in total. The van der Waals surface area contributed by atoms with Crippen molar-refractivity contribution < 1.29 is 9.53 Å². The number of thiophene rings is 1. The van der Waals surface area contributed by atoms with Crippen LogP contribution in [0, 0.1) is 0 Å². The summed E-state index contributed by atoms with van der Waals surface area (Å²) < 4.78 is 5.82. The Morgan fingerprint density at radius 1 is 1.46 bits per heavy atom. The van der Waals surface area contributed by atoms with E-state index in [1.807, 2.05) is 37.8 Å². The lowest BCUT2D eigenvalue weighted by atomic mass is 10.1. The topological polar surface area (TPSA) is 61.5 Å². The van der Waals surface area contributed by atoms with Crippen LogP contribution in [0.5, 0.6) is 0 Å². The van der Waals surface area contributed by atoms with Crippen LogP contribution in [0.4, 0.5) is 0 Å². The molecule has 0 radical (unpaired) electrons. The Hall–Kier alpha value is -2.48. The molecule has 0 aliphatic carbocycles. The average Bonchev–Trinajstić information content (AvgIpc) is 3.28. The highest BCUT2D eigenvalue weighted by atomic mass is 32.1. The number of amides is 1. The number of aromatic amines is 1. The molecule has 1 aliphatic heterocycles. The normalized spacial score (nSPS) is 15.0. The van der Waals surface area contributed by atoms with Crippen LogP contribution in [0.3, 0.4) is 0 Å². The maximum absolute atomic E-state index is 12.4. The summed E-state index contributed by atoms with van der Waals surface area (Å²) in [5.74, 6) is 0.0126. The molecule has 1 aliphatic rings. The molecule has 1 amide bonds. The van der Waals surface area contributed by atoms with Crippen LogP contribution in [0.25, 0.3) is 17.1 Å². The second kappa shape index (κ2) is 8.26. The fourth-order valence-corrected chi connectivity index (χ4v) is 3.85. The van der Waals surface area contributed by atoms with Gasteiger partial charge in [-0.05, 0) is 48.8 Å². The Morgan fingerprint density at radius 3 is 3.07 bits per heavy atom. The highest BCUT2D eigenvalue weighted by molar-refractivity contribution is 7.09. The van der Waals surface area contributed by atoms with Crippen LogP contribution in [0.15, 0.2) is 42.0 Å². The molecule has 0 saturated carbocycles. The van der Waals surface area contributed by atoms with Gasteiger partial charge in [0.2, 0.25) is 5.91 Å². The van der Waals surface area contributed by atoms with Gasteiger partial charge in [0.1, 0.15) is 5.65 Å². The van der Waals surface area contributed by atoms with Gasteiger partial charge in [0, 0.05) is 48.4 Å². The molecule has 3 aromatic rings. The minimum Gasteiger partial charge on any atom is -0.369 e. The smallest absolute Gasteiger partial charge is 0.246 e. The average molecular weight is 397 g/mol. The molecule has 1 fully saturated rings. The molecular formula is C21H24N4O2S. The summed E-state index contributed by atoms with van der Waals surface area (Å²) in [5, 5.41) is 3.14. The lowest BCUT2D eigenvalue weighted by molar-refractivity contribution is -0.140. The minimum absolute atomic E-state index is 0.0126. The van der Waals surface area contributed by atoms with Crippen molar-refractivity contribution in [1.29, 1.82) is 0 Å². The Bertz CT molecular complexity index is 972. The number of pyridine rings is 1. The van der Waals surface area contributed by atoms with Crippen molar-refractivity contribution in [3.05, 3.63) is 58.1 Å². The van der Waals surface area contributed by atoms with Crippen molar-refractivity contribution in [2.24, 2.45) is 0 Å². The van der Waals surface area contributed by atoms with E-state index in [0.717, 1.165) is 23.1 Å². The summed E-state index contributed by atoms with van der Waals surface area (Å²) in [7, 11) is 4.08. The van der Waals surface area contributed by atoms with E-state index in [2.05, 4.69) is 27.0 Å². The van der Waals surface area contributed by atoms with Gasteiger partial charge in [0.05, 0.1) is 12.7 Å². The third-order valence-corrected chi connectivity index (χ3v) is 5.59. The van der Waals surface area contributed by atoms with Crippen LogP contribution in [0.1, 0.15) is 16.0 Å². The number of H-pyrrole nitrogens is 1. The largest absolute Gasteiger partial charge is 0.369 e. The predicted molar refractivity (Wildman–Crippen MR) is 112 cm³/mol. The van der Waals surface area contributed by atoms with Crippen LogP contribution >= 0.6 is 11.3 Å². The van der Waals surface area contributed by atoms with Gasteiger partial charge >= 0.3 is 0 Å². The number of rotatable bonds is 7. The third kappa shape index (κ3) is 4.32. The molecule has 4 rings (SSSR count). The van der Waals surface area contributed by atoms with Crippen molar-refractivity contribution >= 4 is 34.4 Å². The van der Waals surface area contributed by atoms with E-state index in [0.29, 0.717) is 19.7 Å². The maximum Gasteiger partial charge on any atom is 0.246 e. The standard InChI is InChI=1S/C21H24N4O2S/c1-24(2)11-16-10-23-21-19(16)8-15(9-22-21)5-6-20(26)25-12-17(13-25)27-14-18-4-3-7-28-18/h3-10,17H,11-14H2,1-2H3,(H,22,23)/b6-5+. The number of carbonyl (C=O) groups is 1. The van der Waals surface area contributed by atoms with Gasteiger partial charge < -0.3 is 19.5 Å². The van der Waals surface area contributed by atoms with E-state index in [-0.39, 0.29) is 12.0 Å². The molecule has 0 bridgehead atoms. The lowest BCUT2D eigenvalue weighted by Crippen LogP contribution is -2.54. The van der Waals surface area contributed by atoms with Crippen molar-refractivity contribution in [2.45, 2.75) is 19.3 Å². The van der Waals surface area contributed by atoms with E-state index in [1.165, 1.54) is 10.4 Å². The van der Waals surface area contributed by atoms with E-state index in [1.54, 1.807) is 28.5 Å². The van der Waals surface area contributed by atoms with Crippen LogP contribution in [0.2, 0.25) is 0 Å². The molecule has 7 heteroatoms. The fourth-order valence-electron chi connectivity index (χ4n) is 3.23. The summed E-state index contributed by atoms with van der Waals surface area (Å²) in [6.07, 6.45) is 7.36. The molecule has 28 heavy (non-hydrogen) atoms. The zero-order valence-corrected chi connectivity index (χ0v) is 16.9. The molecule has 0 aromatic carbocycles.